The maximum absolute atomic E-state index is 5.12. The maximum atomic E-state index is 5.12. The topological polar surface area (TPSA) is 12.9 Å². The fourth-order valence-corrected chi connectivity index (χ4v) is 7.15. The minimum Gasteiger partial charge on any atom is -0.257 e. The molecule has 0 bridgehead atoms. The van der Waals surface area contributed by atoms with Crippen LogP contribution in [0.1, 0.15) is 32.2 Å². The van der Waals surface area contributed by atoms with Gasteiger partial charge < -0.3 is 0 Å². The standard InChI is InChI=1S/C48H39N/c1-32-23-24-43(47(49-32)48(2,3)4)40-28-39(29-41(30-40)46-31-35-19-11-12-20-42(35)44-21-13-14-22-45(44)46)38-26-36(33-15-7-5-8-16-33)25-37(27-38)34-17-9-6-10-18-34/h5-31H,1-4H3. The van der Waals surface area contributed by atoms with Crippen molar-refractivity contribution in [3.05, 3.63) is 175 Å². The van der Waals surface area contributed by atoms with E-state index in [0.717, 1.165) is 11.4 Å². The second-order valence-corrected chi connectivity index (χ2v) is 14.1. The normalized spacial score (nSPS) is 11.7. The van der Waals surface area contributed by atoms with Crippen LogP contribution in [0.5, 0.6) is 0 Å². The molecule has 0 aliphatic heterocycles. The van der Waals surface area contributed by atoms with Crippen molar-refractivity contribution in [3.63, 3.8) is 0 Å². The number of pyridine rings is 1. The molecule has 0 atom stereocenters. The van der Waals surface area contributed by atoms with E-state index in [1.165, 1.54) is 77.2 Å². The molecule has 236 valence electrons. The maximum Gasteiger partial charge on any atom is 0.0538 e. The molecule has 8 aromatic rings. The molecule has 1 aromatic heterocycles. The lowest BCUT2D eigenvalue weighted by atomic mass is 9.83. The van der Waals surface area contributed by atoms with Crippen molar-refractivity contribution in [3.8, 4) is 55.6 Å². The Morgan fingerprint density at radius 2 is 0.816 bits per heavy atom. The highest BCUT2D eigenvalue weighted by molar-refractivity contribution is 6.14. The lowest BCUT2D eigenvalue weighted by molar-refractivity contribution is 0.569. The van der Waals surface area contributed by atoms with E-state index >= 15 is 0 Å². The molecule has 0 aliphatic rings. The third-order valence-corrected chi connectivity index (χ3v) is 9.55. The van der Waals surface area contributed by atoms with Crippen LogP contribution in [0.2, 0.25) is 0 Å². The fraction of sp³-hybridized carbons (Fsp3) is 0.104. The zero-order valence-corrected chi connectivity index (χ0v) is 28.5. The first-order valence-electron chi connectivity index (χ1n) is 17.1. The van der Waals surface area contributed by atoms with E-state index in [4.69, 9.17) is 4.98 Å². The van der Waals surface area contributed by atoms with Crippen molar-refractivity contribution < 1.29 is 0 Å². The summed E-state index contributed by atoms with van der Waals surface area (Å²) in [7, 11) is 0. The number of fused-ring (bicyclic) bond motifs is 3. The monoisotopic (exact) mass is 629 g/mol. The van der Waals surface area contributed by atoms with E-state index in [2.05, 4.69) is 191 Å². The van der Waals surface area contributed by atoms with E-state index in [0.29, 0.717) is 0 Å². The Labute approximate surface area is 289 Å². The molecule has 0 unspecified atom stereocenters. The van der Waals surface area contributed by atoms with Crippen molar-refractivity contribution >= 4 is 21.5 Å². The van der Waals surface area contributed by atoms with Gasteiger partial charge in [0, 0.05) is 16.7 Å². The highest BCUT2D eigenvalue weighted by Gasteiger charge is 2.22. The van der Waals surface area contributed by atoms with Crippen LogP contribution in [-0.4, -0.2) is 4.98 Å². The molecule has 1 heterocycles. The summed E-state index contributed by atoms with van der Waals surface area (Å²) in [5.41, 5.74) is 14.0. The van der Waals surface area contributed by atoms with Crippen LogP contribution in [0.4, 0.5) is 0 Å². The molecular weight excluding hydrogens is 591 g/mol. The van der Waals surface area contributed by atoms with E-state index in [9.17, 15) is 0 Å². The molecule has 49 heavy (non-hydrogen) atoms. The van der Waals surface area contributed by atoms with Gasteiger partial charge in [0.15, 0.2) is 0 Å². The average Bonchev–Trinajstić information content (AvgIpc) is 3.14. The van der Waals surface area contributed by atoms with Gasteiger partial charge in [-0.1, -0.05) is 136 Å². The van der Waals surface area contributed by atoms with Crippen molar-refractivity contribution in [2.75, 3.05) is 0 Å². The van der Waals surface area contributed by atoms with Gasteiger partial charge in [-0.05, 0) is 127 Å². The summed E-state index contributed by atoms with van der Waals surface area (Å²) in [6.07, 6.45) is 0. The molecule has 0 N–H and O–H groups in total. The second-order valence-electron chi connectivity index (χ2n) is 14.1. The van der Waals surface area contributed by atoms with Crippen LogP contribution in [0.3, 0.4) is 0 Å². The van der Waals surface area contributed by atoms with Gasteiger partial charge >= 0.3 is 0 Å². The predicted molar refractivity (Wildman–Crippen MR) is 210 cm³/mol. The van der Waals surface area contributed by atoms with E-state index in [1.54, 1.807) is 0 Å². The van der Waals surface area contributed by atoms with Gasteiger partial charge in [-0.2, -0.15) is 0 Å². The first kappa shape index (κ1) is 30.5. The van der Waals surface area contributed by atoms with Crippen LogP contribution in [-0.2, 0) is 5.41 Å². The van der Waals surface area contributed by atoms with Crippen LogP contribution >= 0.6 is 0 Å². The van der Waals surface area contributed by atoms with Crippen LogP contribution < -0.4 is 0 Å². The van der Waals surface area contributed by atoms with Crippen molar-refractivity contribution in [1.82, 2.24) is 4.98 Å². The summed E-state index contributed by atoms with van der Waals surface area (Å²) in [5, 5.41) is 5.05. The number of rotatable bonds is 5. The zero-order valence-electron chi connectivity index (χ0n) is 28.5. The van der Waals surface area contributed by atoms with Gasteiger partial charge in [-0.3, -0.25) is 4.98 Å². The van der Waals surface area contributed by atoms with Gasteiger partial charge in [0.1, 0.15) is 0 Å². The van der Waals surface area contributed by atoms with Gasteiger partial charge in [0.2, 0.25) is 0 Å². The smallest absolute Gasteiger partial charge is 0.0538 e. The van der Waals surface area contributed by atoms with Crippen LogP contribution in [0, 0.1) is 6.92 Å². The van der Waals surface area contributed by atoms with Gasteiger partial charge in [-0.15, -0.1) is 0 Å². The molecule has 0 spiro atoms. The second kappa shape index (κ2) is 12.3. The molecule has 0 saturated carbocycles. The lowest BCUT2D eigenvalue weighted by Crippen LogP contribution is -2.15. The molecule has 0 aliphatic carbocycles. The minimum absolute atomic E-state index is 0.124. The Hall–Kier alpha value is -5.79. The first-order valence-corrected chi connectivity index (χ1v) is 17.1. The molecular formula is C48H39N. The molecule has 0 saturated heterocycles. The Balaban J connectivity index is 1.44. The van der Waals surface area contributed by atoms with E-state index < -0.39 is 0 Å². The van der Waals surface area contributed by atoms with Crippen molar-refractivity contribution in [1.29, 1.82) is 0 Å². The molecule has 0 fully saturated rings. The lowest BCUT2D eigenvalue weighted by Gasteiger charge is -2.23. The molecule has 7 aromatic carbocycles. The van der Waals surface area contributed by atoms with Crippen molar-refractivity contribution in [2.24, 2.45) is 0 Å². The Morgan fingerprint density at radius 1 is 0.367 bits per heavy atom. The van der Waals surface area contributed by atoms with Gasteiger partial charge in [0.05, 0.1) is 5.69 Å². The minimum atomic E-state index is -0.124. The molecule has 1 heteroatoms. The highest BCUT2D eigenvalue weighted by atomic mass is 14.7. The Bertz CT molecular complexity index is 2410. The van der Waals surface area contributed by atoms with Crippen LogP contribution in [0.15, 0.2) is 164 Å². The van der Waals surface area contributed by atoms with Gasteiger partial charge in [0.25, 0.3) is 0 Å². The highest BCUT2D eigenvalue weighted by Crippen LogP contribution is 2.42. The largest absolute Gasteiger partial charge is 0.257 e. The number of hydrogen-bond donors (Lipinski definition) is 0. The summed E-state index contributed by atoms with van der Waals surface area (Å²) in [4.78, 5) is 5.12. The quantitative estimate of drug-likeness (QED) is 0.173. The van der Waals surface area contributed by atoms with E-state index in [-0.39, 0.29) is 5.41 Å². The zero-order chi connectivity index (χ0) is 33.5. The molecule has 0 amide bonds. The summed E-state index contributed by atoms with van der Waals surface area (Å²) in [6, 6.07) is 59.9. The SMILES string of the molecule is Cc1ccc(-c2cc(-c3cc(-c4ccccc4)cc(-c4ccccc4)c3)cc(-c3cc4ccccc4c4ccccc34)c2)c(C(C)(C)C)n1. The molecule has 8 rings (SSSR count). The summed E-state index contributed by atoms with van der Waals surface area (Å²) < 4.78 is 0. The van der Waals surface area contributed by atoms with Crippen molar-refractivity contribution in [2.45, 2.75) is 33.1 Å². The molecule has 0 radical (unpaired) electrons. The summed E-state index contributed by atoms with van der Waals surface area (Å²) in [6.45, 7) is 8.86. The molecule has 1 nitrogen and oxygen atoms in total. The Kier molecular flexibility index (Phi) is 7.69. The van der Waals surface area contributed by atoms with Crippen LogP contribution in [0.25, 0.3) is 77.2 Å². The van der Waals surface area contributed by atoms with Gasteiger partial charge in [-0.25, -0.2) is 0 Å². The predicted octanol–water partition coefficient (Wildman–Crippen LogP) is 13.3. The number of nitrogens with zero attached hydrogens (tertiary/aromatic N) is 1. The third-order valence-electron chi connectivity index (χ3n) is 9.55. The fourth-order valence-electron chi connectivity index (χ4n) is 7.15. The number of hydrogen-bond acceptors (Lipinski definition) is 1. The van der Waals surface area contributed by atoms with E-state index in [1.807, 2.05) is 0 Å². The summed E-state index contributed by atoms with van der Waals surface area (Å²) >= 11 is 0. The number of benzene rings is 7. The number of aryl methyl sites for hydroxylation is 1. The Morgan fingerprint density at radius 3 is 1.41 bits per heavy atom. The summed E-state index contributed by atoms with van der Waals surface area (Å²) in [5.74, 6) is 0. The third kappa shape index (κ3) is 5.94. The average molecular weight is 630 g/mol. The first-order chi connectivity index (χ1) is 23.8. The number of aromatic nitrogens is 1.